The van der Waals surface area contributed by atoms with E-state index in [9.17, 15) is 9.90 Å². The number of allylic oxidation sites excluding steroid dienone is 1. The van der Waals surface area contributed by atoms with Crippen LogP contribution in [-0.4, -0.2) is 24.6 Å². The van der Waals surface area contributed by atoms with Crippen LogP contribution >= 0.6 is 11.6 Å². The number of carbonyl (C=O) groups excluding carboxylic acids is 1. The van der Waals surface area contributed by atoms with E-state index in [0.29, 0.717) is 47.1 Å². The van der Waals surface area contributed by atoms with Gasteiger partial charge in [0.15, 0.2) is 17.3 Å². The number of rotatable bonds is 5. The summed E-state index contributed by atoms with van der Waals surface area (Å²) < 4.78 is 11.2. The summed E-state index contributed by atoms with van der Waals surface area (Å²) in [6, 6.07) is 18.0. The standard InChI is InChI=1S/C28H27ClN2O4/c1-3-35-25-11-8-16(14-26(25)34-2)17-12-22-27(24(33)13-17)28(19-15-18(29)9-10-23(19)32)31-21-7-5-4-6-20(21)30-22/h4-11,14-15,17,28,30-32H,3,12-13H2,1-2H3. The average molecular weight is 491 g/mol. The Bertz CT molecular complexity index is 1320. The van der Waals surface area contributed by atoms with Crippen LogP contribution < -0.4 is 20.1 Å². The number of benzene rings is 3. The van der Waals surface area contributed by atoms with Gasteiger partial charge in [-0.1, -0.05) is 29.8 Å². The molecule has 2 aliphatic rings. The molecule has 1 heterocycles. The summed E-state index contributed by atoms with van der Waals surface area (Å²) in [6.45, 7) is 2.47. The molecule has 1 aliphatic heterocycles. The van der Waals surface area contributed by atoms with E-state index in [1.807, 2.05) is 49.4 Å². The van der Waals surface area contributed by atoms with Crippen molar-refractivity contribution in [2.24, 2.45) is 0 Å². The van der Waals surface area contributed by atoms with Crippen molar-refractivity contribution in [1.29, 1.82) is 0 Å². The molecule has 0 bridgehead atoms. The highest BCUT2D eigenvalue weighted by atomic mass is 35.5. The second-order valence-electron chi connectivity index (χ2n) is 8.71. The van der Waals surface area contributed by atoms with Crippen LogP contribution in [0.1, 0.15) is 42.9 Å². The first-order valence-electron chi connectivity index (χ1n) is 11.7. The van der Waals surface area contributed by atoms with Gasteiger partial charge in [0.1, 0.15) is 5.75 Å². The number of phenolic OH excluding ortho intramolecular Hbond substituents is 1. The number of hydrogen-bond acceptors (Lipinski definition) is 6. The van der Waals surface area contributed by atoms with Gasteiger partial charge in [0, 0.05) is 28.3 Å². The predicted octanol–water partition coefficient (Wildman–Crippen LogP) is 6.43. The molecule has 0 saturated heterocycles. The Morgan fingerprint density at radius 1 is 1.03 bits per heavy atom. The summed E-state index contributed by atoms with van der Waals surface area (Å²) in [5.74, 6) is 1.41. The van der Waals surface area contributed by atoms with Crippen molar-refractivity contribution in [3.8, 4) is 17.2 Å². The number of nitrogens with one attached hydrogen (secondary N) is 2. The lowest BCUT2D eigenvalue weighted by Gasteiger charge is -2.30. The number of aromatic hydroxyl groups is 1. The van der Waals surface area contributed by atoms with Gasteiger partial charge in [0.2, 0.25) is 0 Å². The van der Waals surface area contributed by atoms with Crippen LogP contribution in [-0.2, 0) is 4.79 Å². The molecule has 7 heteroatoms. The maximum Gasteiger partial charge on any atom is 0.163 e. The Labute approximate surface area is 209 Å². The smallest absolute Gasteiger partial charge is 0.163 e. The van der Waals surface area contributed by atoms with Crippen molar-refractivity contribution in [1.82, 2.24) is 0 Å². The molecule has 0 aromatic heterocycles. The summed E-state index contributed by atoms with van der Waals surface area (Å²) in [4.78, 5) is 13.7. The number of anilines is 2. The topological polar surface area (TPSA) is 79.8 Å². The minimum atomic E-state index is -0.539. The van der Waals surface area contributed by atoms with Gasteiger partial charge < -0.3 is 25.2 Å². The third-order valence-corrected chi connectivity index (χ3v) is 6.80. The van der Waals surface area contributed by atoms with Crippen molar-refractivity contribution >= 4 is 28.8 Å². The minimum Gasteiger partial charge on any atom is -0.508 e. The van der Waals surface area contributed by atoms with Crippen molar-refractivity contribution < 1.29 is 19.4 Å². The Hall–Kier alpha value is -3.64. The van der Waals surface area contributed by atoms with Gasteiger partial charge in [-0.2, -0.15) is 0 Å². The van der Waals surface area contributed by atoms with Crippen molar-refractivity contribution in [3.63, 3.8) is 0 Å². The normalized spacial score (nSPS) is 19.1. The molecule has 2 unspecified atom stereocenters. The van der Waals surface area contributed by atoms with E-state index in [0.717, 1.165) is 22.6 Å². The molecule has 0 fully saturated rings. The first kappa shape index (κ1) is 23.1. The highest BCUT2D eigenvalue weighted by Gasteiger charge is 2.37. The van der Waals surface area contributed by atoms with E-state index < -0.39 is 6.04 Å². The zero-order valence-electron chi connectivity index (χ0n) is 19.6. The maximum absolute atomic E-state index is 13.7. The molecule has 0 amide bonds. The van der Waals surface area contributed by atoms with Crippen LogP contribution in [0, 0.1) is 0 Å². The van der Waals surface area contributed by atoms with E-state index in [4.69, 9.17) is 21.1 Å². The van der Waals surface area contributed by atoms with E-state index in [2.05, 4.69) is 10.6 Å². The van der Waals surface area contributed by atoms with Gasteiger partial charge in [-0.05, 0) is 67.3 Å². The quantitative estimate of drug-likeness (QED) is 0.382. The zero-order valence-corrected chi connectivity index (χ0v) is 20.4. The lowest BCUT2D eigenvalue weighted by molar-refractivity contribution is -0.116. The SMILES string of the molecule is CCOc1ccc(C2CC(=O)C3=C(C2)Nc2ccccc2NC3c2cc(Cl)ccc2O)cc1OC. The van der Waals surface area contributed by atoms with Crippen LogP contribution in [0.15, 0.2) is 71.9 Å². The van der Waals surface area contributed by atoms with Crippen molar-refractivity contribution in [2.75, 3.05) is 24.4 Å². The summed E-state index contributed by atoms with van der Waals surface area (Å²) in [5.41, 5.74) is 4.76. The molecule has 1 aliphatic carbocycles. The molecule has 6 nitrogen and oxygen atoms in total. The van der Waals surface area contributed by atoms with Crippen molar-refractivity contribution in [3.05, 3.63) is 88.1 Å². The van der Waals surface area contributed by atoms with E-state index in [1.54, 1.807) is 25.3 Å². The fraction of sp³-hybridized carbons (Fsp3) is 0.250. The molecule has 2 atom stereocenters. The first-order chi connectivity index (χ1) is 17.0. The van der Waals surface area contributed by atoms with Gasteiger partial charge in [-0.15, -0.1) is 0 Å². The number of phenols is 1. The van der Waals surface area contributed by atoms with E-state index in [-0.39, 0.29) is 17.5 Å². The van der Waals surface area contributed by atoms with Crippen LogP contribution in [0.4, 0.5) is 11.4 Å². The second-order valence-corrected chi connectivity index (χ2v) is 9.15. The fourth-order valence-electron chi connectivity index (χ4n) is 4.93. The van der Waals surface area contributed by atoms with Gasteiger partial charge in [-0.25, -0.2) is 0 Å². The molecule has 0 spiro atoms. The number of ether oxygens (including phenoxy) is 2. The lowest BCUT2D eigenvalue weighted by Crippen LogP contribution is -2.27. The number of halogens is 1. The Morgan fingerprint density at radius 3 is 2.60 bits per heavy atom. The third kappa shape index (κ3) is 4.42. The Balaban J connectivity index is 1.58. The molecule has 0 radical (unpaired) electrons. The summed E-state index contributed by atoms with van der Waals surface area (Å²) in [7, 11) is 1.62. The highest BCUT2D eigenvalue weighted by Crippen LogP contribution is 2.46. The fourth-order valence-corrected chi connectivity index (χ4v) is 5.11. The molecule has 3 aromatic rings. The molecule has 0 saturated carbocycles. The molecule has 180 valence electrons. The molecule has 5 rings (SSSR count). The Morgan fingerprint density at radius 2 is 1.83 bits per heavy atom. The number of hydrogen-bond donors (Lipinski definition) is 3. The summed E-state index contributed by atoms with van der Waals surface area (Å²) >= 11 is 6.28. The summed E-state index contributed by atoms with van der Waals surface area (Å²) in [6.07, 6.45) is 0.972. The van der Waals surface area contributed by atoms with E-state index in [1.165, 1.54) is 0 Å². The maximum atomic E-state index is 13.7. The molecular formula is C28H27ClN2O4. The second kappa shape index (κ2) is 9.55. The summed E-state index contributed by atoms with van der Waals surface area (Å²) in [5, 5.41) is 18.2. The lowest BCUT2D eigenvalue weighted by atomic mass is 9.78. The zero-order chi connectivity index (χ0) is 24.5. The molecule has 35 heavy (non-hydrogen) atoms. The largest absolute Gasteiger partial charge is 0.508 e. The number of para-hydroxylation sites is 2. The number of methoxy groups -OCH3 is 1. The molecule has 3 aromatic carbocycles. The number of carbonyl (C=O) groups is 1. The molecule has 3 N–H and O–H groups in total. The van der Waals surface area contributed by atoms with Gasteiger partial charge in [0.05, 0.1) is 31.1 Å². The van der Waals surface area contributed by atoms with Crippen LogP contribution in [0.2, 0.25) is 5.02 Å². The van der Waals surface area contributed by atoms with Gasteiger partial charge >= 0.3 is 0 Å². The predicted molar refractivity (Wildman–Crippen MR) is 138 cm³/mol. The molecular weight excluding hydrogens is 464 g/mol. The minimum absolute atomic E-state index is 0.0151. The average Bonchev–Trinajstić information content (AvgIpc) is 3.02. The number of Topliss-reactive ketones (excluding diaryl/α,β-unsaturated/α-hetero) is 1. The van der Waals surface area contributed by atoms with Gasteiger partial charge in [-0.3, -0.25) is 4.79 Å². The van der Waals surface area contributed by atoms with Crippen LogP contribution in [0.5, 0.6) is 17.2 Å². The van der Waals surface area contributed by atoms with Gasteiger partial charge in [0.25, 0.3) is 0 Å². The monoisotopic (exact) mass is 490 g/mol. The van der Waals surface area contributed by atoms with Crippen LogP contribution in [0.25, 0.3) is 0 Å². The van der Waals surface area contributed by atoms with Crippen molar-refractivity contribution in [2.45, 2.75) is 31.7 Å². The number of fused-ring (bicyclic) bond motifs is 1. The Kier molecular flexibility index (Phi) is 6.31. The highest BCUT2D eigenvalue weighted by molar-refractivity contribution is 6.30. The van der Waals surface area contributed by atoms with Crippen LogP contribution in [0.3, 0.4) is 0 Å². The van der Waals surface area contributed by atoms with E-state index >= 15 is 0 Å². The number of ketones is 1. The first-order valence-corrected chi connectivity index (χ1v) is 12.0. The third-order valence-electron chi connectivity index (χ3n) is 6.57.